The summed E-state index contributed by atoms with van der Waals surface area (Å²) >= 11 is 0. The number of aliphatic hydroxyl groups excluding tert-OH is 1. The van der Waals surface area contributed by atoms with Gasteiger partial charge in [-0.15, -0.1) is 0 Å². The van der Waals surface area contributed by atoms with Crippen molar-refractivity contribution >= 4 is 17.7 Å². The molecule has 1 aromatic heterocycles. The number of nitrogens with one attached hydrogen (secondary N) is 3. The van der Waals surface area contributed by atoms with Crippen LogP contribution in [0, 0.1) is 31.1 Å². The number of aryl methyl sites for hydroxylation is 1. The summed E-state index contributed by atoms with van der Waals surface area (Å²) < 4.78 is 58.7. The lowest BCUT2D eigenvalue weighted by Gasteiger charge is -2.24. The van der Waals surface area contributed by atoms with Gasteiger partial charge in [-0.2, -0.15) is 23.5 Å². The van der Waals surface area contributed by atoms with Crippen LogP contribution in [0.25, 0.3) is 5.69 Å². The molecule has 4 rings (SSSR count). The highest BCUT2D eigenvalue weighted by atomic mass is 19.4. The predicted octanol–water partition coefficient (Wildman–Crippen LogP) is 4.33. The average Bonchev–Trinajstić information content (AvgIpc) is 3.52. The van der Waals surface area contributed by atoms with Gasteiger partial charge < -0.3 is 41.0 Å². The molecule has 0 aliphatic heterocycles. The van der Waals surface area contributed by atoms with E-state index < -0.39 is 41.4 Å². The highest BCUT2D eigenvalue weighted by molar-refractivity contribution is 5.94. The lowest BCUT2D eigenvalue weighted by atomic mass is 10.00. The van der Waals surface area contributed by atoms with Crippen molar-refractivity contribution in [3.8, 4) is 11.8 Å². The number of rotatable bonds is 24. The van der Waals surface area contributed by atoms with E-state index in [1.165, 1.54) is 10.7 Å². The molecule has 0 spiro atoms. The second kappa shape index (κ2) is 24.1. The van der Waals surface area contributed by atoms with Crippen molar-refractivity contribution in [3.63, 3.8) is 0 Å². The summed E-state index contributed by atoms with van der Waals surface area (Å²) in [6.45, 7) is 9.61. The number of hydrogen-bond donors (Lipinski definition) is 5. The van der Waals surface area contributed by atoms with Gasteiger partial charge in [0.2, 0.25) is 5.91 Å². The fourth-order valence-electron chi connectivity index (χ4n) is 6.56. The number of alkyl halides is 3. The largest absolute Gasteiger partial charge is 0.417 e. The minimum atomic E-state index is -4.68. The Morgan fingerprint density at radius 2 is 1.47 bits per heavy atom. The number of halogens is 3. The number of amides is 3. The summed E-state index contributed by atoms with van der Waals surface area (Å²) in [4.78, 5) is 38.3. The summed E-state index contributed by atoms with van der Waals surface area (Å²) in [5, 5.41) is 32.3. The third-order valence-electron chi connectivity index (χ3n) is 9.86. The Labute approximate surface area is 359 Å². The third kappa shape index (κ3) is 15.1. The van der Waals surface area contributed by atoms with Gasteiger partial charge in [0.15, 0.2) is 0 Å². The zero-order valence-corrected chi connectivity index (χ0v) is 35.5. The third-order valence-corrected chi connectivity index (χ3v) is 9.86. The quantitative estimate of drug-likeness (QED) is 0.0632. The van der Waals surface area contributed by atoms with E-state index in [0.717, 1.165) is 28.8 Å². The standard InChI is InChI=1S/C45H56F3N7O7/c1-29(2)24-40(53-44(59)41(56)39(50)26-32-8-6-5-7-9-32)43(58)52-17-19-61-21-23-62-22-20-60-18-16-51-42(57)34-12-10-33(11-13-34)25-37-30(3)54-55(31(37)4)36-15-14-35(28-49)38(27-36)45(46,47)48/h5-15,27,29,39-41,56H,16-26,50H2,1-4H3,(H,51,57)(H,52,58)(H,53,59)/t39-,40+,41+/m1/s1. The molecule has 62 heavy (non-hydrogen) atoms. The highest BCUT2D eigenvalue weighted by Gasteiger charge is 2.34. The number of benzene rings is 3. The maximum absolute atomic E-state index is 13.6. The van der Waals surface area contributed by atoms with E-state index in [9.17, 15) is 32.7 Å². The number of aliphatic hydroxyl groups is 1. The van der Waals surface area contributed by atoms with Crippen LogP contribution in [-0.2, 0) is 42.8 Å². The van der Waals surface area contributed by atoms with E-state index >= 15 is 0 Å². The number of nitriles is 1. The van der Waals surface area contributed by atoms with Crippen molar-refractivity contribution in [1.29, 1.82) is 5.26 Å². The summed E-state index contributed by atoms with van der Waals surface area (Å²) in [7, 11) is 0. The number of ether oxygens (including phenoxy) is 3. The lowest BCUT2D eigenvalue weighted by molar-refractivity contribution is -0.137. The van der Waals surface area contributed by atoms with Gasteiger partial charge in [0.1, 0.15) is 12.1 Å². The van der Waals surface area contributed by atoms with Gasteiger partial charge in [-0.3, -0.25) is 14.4 Å². The first-order valence-corrected chi connectivity index (χ1v) is 20.4. The molecule has 0 radical (unpaired) electrons. The zero-order chi connectivity index (χ0) is 45.2. The highest BCUT2D eigenvalue weighted by Crippen LogP contribution is 2.34. The summed E-state index contributed by atoms with van der Waals surface area (Å²) in [5.74, 6) is -1.25. The maximum Gasteiger partial charge on any atom is 0.417 e. The van der Waals surface area contributed by atoms with Crippen LogP contribution >= 0.6 is 0 Å². The number of nitrogens with two attached hydrogens (primary N) is 1. The number of carbonyl (C=O) groups is 3. The van der Waals surface area contributed by atoms with Gasteiger partial charge in [-0.05, 0) is 74.1 Å². The molecule has 0 fully saturated rings. The molecule has 0 unspecified atom stereocenters. The smallest absolute Gasteiger partial charge is 0.382 e. The van der Waals surface area contributed by atoms with Crippen LogP contribution < -0.4 is 21.7 Å². The molecule has 3 amide bonds. The van der Waals surface area contributed by atoms with E-state index in [4.69, 9.17) is 25.2 Å². The molecule has 6 N–H and O–H groups in total. The van der Waals surface area contributed by atoms with Gasteiger partial charge in [0.05, 0.1) is 68.2 Å². The molecule has 334 valence electrons. The van der Waals surface area contributed by atoms with E-state index in [1.807, 2.05) is 56.3 Å². The van der Waals surface area contributed by atoms with Crippen LogP contribution in [0.2, 0.25) is 0 Å². The first kappa shape index (κ1) is 49.0. The second-order valence-corrected chi connectivity index (χ2v) is 15.1. The summed E-state index contributed by atoms with van der Waals surface area (Å²) in [5.41, 5.74) is 9.19. The van der Waals surface area contributed by atoms with Crippen LogP contribution in [0.4, 0.5) is 13.2 Å². The first-order chi connectivity index (χ1) is 29.6. The molecule has 4 aromatic rings. The Morgan fingerprint density at radius 1 is 0.855 bits per heavy atom. The average molecular weight is 864 g/mol. The monoisotopic (exact) mass is 863 g/mol. The topological polar surface area (TPSA) is 203 Å². The fraction of sp³-hybridized carbons (Fsp3) is 0.444. The van der Waals surface area contributed by atoms with E-state index in [0.29, 0.717) is 56.0 Å². The molecule has 0 saturated heterocycles. The van der Waals surface area contributed by atoms with Crippen molar-refractivity contribution in [3.05, 3.63) is 118 Å². The van der Waals surface area contributed by atoms with Crippen LogP contribution in [0.5, 0.6) is 0 Å². The van der Waals surface area contributed by atoms with E-state index in [-0.39, 0.29) is 56.3 Å². The minimum absolute atomic E-state index is 0.103. The molecule has 3 aromatic carbocycles. The van der Waals surface area contributed by atoms with Crippen molar-refractivity contribution < 1.29 is 46.9 Å². The minimum Gasteiger partial charge on any atom is -0.382 e. The van der Waals surface area contributed by atoms with Crippen molar-refractivity contribution in [2.24, 2.45) is 11.7 Å². The predicted molar refractivity (Wildman–Crippen MR) is 225 cm³/mol. The zero-order valence-electron chi connectivity index (χ0n) is 35.5. The Hall–Kier alpha value is -5.64. The van der Waals surface area contributed by atoms with Crippen molar-refractivity contribution in [2.75, 3.05) is 52.7 Å². The van der Waals surface area contributed by atoms with Crippen LogP contribution in [0.1, 0.15) is 69.8 Å². The van der Waals surface area contributed by atoms with Gasteiger partial charge >= 0.3 is 6.18 Å². The van der Waals surface area contributed by atoms with E-state index in [1.54, 1.807) is 32.0 Å². The Morgan fingerprint density at radius 3 is 2.06 bits per heavy atom. The van der Waals surface area contributed by atoms with Gasteiger partial charge in [-0.1, -0.05) is 56.3 Å². The number of nitrogens with zero attached hydrogens (tertiary/aromatic N) is 3. The van der Waals surface area contributed by atoms with Gasteiger partial charge in [0.25, 0.3) is 11.8 Å². The molecule has 3 atom stereocenters. The molecule has 17 heteroatoms. The molecule has 14 nitrogen and oxygen atoms in total. The maximum atomic E-state index is 13.6. The molecule has 0 bridgehead atoms. The number of hydrogen-bond acceptors (Lipinski definition) is 10. The number of carbonyl (C=O) groups excluding carboxylic acids is 3. The molecule has 1 heterocycles. The Bertz CT molecular complexity index is 2110. The normalized spacial score (nSPS) is 13.0. The van der Waals surface area contributed by atoms with Crippen LogP contribution in [0.3, 0.4) is 0 Å². The molecule has 0 saturated carbocycles. The lowest BCUT2D eigenvalue weighted by Crippen LogP contribution is -2.54. The Balaban J connectivity index is 1.06. The molecular formula is C45H56F3N7O7. The van der Waals surface area contributed by atoms with E-state index in [2.05, 4.69) is 21.0 Å². The van der Waals surface area contributed by atoms with Gasteiger partial charge in [-0.25, -0.2) is 4.68 Å². The Kier molecular flexibility index (Phi) is 19.1. The van der Waals surface area contributed by atoms with Crippen LogP contribution in [0.15, 0.2) is 72.8 Å². The van der Waals surface area contributed by atoms with Gasteiger partial charge in [0, 0.05) is 42.4 Å². The van der Waals surface area contributed by atoms with Crippen molar-refractivity contribution in [2.45, 2.75) is 71.3 Å². The van der Waals surface area contributed by atoms with Crippen molar-refractivity contribution in [1.82, 2.24) is 25.7 Å². The second-order valence-electron chi connectivity index (χ2n) is 15.1. The summed E-state index contributed by atoms with van der Waals surface area (Å²) in [6, 6.07) is 19.7. The molecular weight excluding hydrogens is 808 g/mol. The molecule has 0 aliphatic rings. The van der Waals surface area contributed by atoms with Crippen LogP contribution in [-0.4, -0.2) is 104 Å². The molecule has 0 aliphatic carbocycles. The first-order valence-electron chi connectivity index (χ1n) is 20.4. The fourth-order valence-corrected chi connectivity index (χ4v) is 6.56. The SMILES string of the molecule is Cc1nn(-c2ccc(C#N)c(C(F)(F)F)c2)c(C)c1Cc1ccc(C(=O)NCCOCCOCCOCCNC(=O)[C@H](CC(C)C)NC(=O)[C@@H](O)[C@H](N)Cc2ccccc2)cc1. The summed E-state index contributed by atoms with van der Waals surface area (Å²) in [6.07, 6.45) is -5.03. The number of aromatic nitrogens is 2.